The van der Waals surface area contributed by atoms with Crippen LogP contribution in [0.15, 0.2) is 71.6 Å². The Labute approximate surface area is 273 Å². The summed E-state index contributed by atoms with van der Waals surface area (Å²) in [5.74, 6) is -0.123. The Morgan fingerprint density at radius 3 is 2.47 bits per heavy atom. The molecule has 45 heavy (non-hydrogen) atoms. The van der Waals surface area contributed by atoms with Crippen molar-refractivity contribution < 1.29 is 27.1 Å². The van der Waals surface area contributed by atoms with E-state index in [0.717, 1.165) is 25.2 Å². The molecule has 12 heteroatoms. The second-order valence-corrected chi connectivity index (χ2v) is 14.4. The zero-order valence-electron chi connectivity index (χ0n) is 24.8. The number of fused-ring (bicyclic) bond motifs is 1. The summed E-state index contributed by atoms with van der Waals surface area (Å²) in [4.78, 5) is 17.8. The van der Waals surface area contributed by atoms with Crippen LogP contribution in [0.4, 0.5) is 10.1 Å². The predicted molar refractivity (Wildman–Crippen MR) is 172 cm³/mol. The lowest BCUT2D eigenvalue weighted by molar-refractivity contribution is -0.140. The Kier molecular flexibility index (Phi) is 9.59. The van der Waals surface area contributed by atoms with Crippen LogP contribution in [-0.4, -0.2) is 76.1 Å². The molecule has 0 saturated carbocycles. The van der Waals surface area contributed by atoms with E-state index < -0.39 is 21.7 Å². The van der Waals surface area contributed by atoms with Gasteiger partial charge < -0.3 is 19.3 Å². The van der Waals surface area contributed by atoms with Crippen LogP contribution >= 0.6 is 23.2 Å². The first kappa shape index (κ1) is 32.1. The van der Waals surface area contributed by atoms with E-state index in [0.29, 0.717) is 49.0 Å². The van der Waals surface area contributed by atoms with Crippen LogP contribution in [0.5, 0.6) is 5.75 Å². The molecule has 240 valence electrons. The molecule has 3 aliphatic rings. The average molecular weight is 677 g/mol. The lowest BCUT2D eigenvalue weighted by atomic mass is 9.83. The summed E-state index contributed by atoms with van der Waals surface area (Å²) in [6.45, 7) is 4.22. The Balaban J connectivity index is 1.20. The van der Waals surface area contributed by atoms with E-state index in [1.165, 1.54) is 47.5 Å². The van der Waals surface area contributed by atoms with Crippen molar-refractivity contribution in [2.24, 2.45) is 0 Å². The normalized spacial score (nSPS) is 20.1. The first-order valence-electron chi connectivity index (χ1n) is 15.3. The first-order chi connectivity index (χ1) is 21.7. The number of carbonyl (C=O) groups excluding carboxylic acids is 1. The van der Waals surface area contributed by atoms with Crippen LogP contribution in [0.25, 0.3) is 0 Å². The molecular formula is C33H36Cl2FN3O5S. The molecule has 2 fully saturated rings. The number of rotatable bonds is 9. The summed E-state index contributed by atoms with van der Waals surface area (Å²) >= 11 is 12.4. The molecule has 0 radical (unpaired) electrons. The molecule has 0 spiro atoms. The summed E-state index contributed by atoms with van der Waals surface area (Å²) in [5.41, 5.74) is 0.389. The fourth-order valence-corrected chi connectivity index (χ4v) is 8.98. The third-order valence-electron chi connectivity index (χ3n) is 8.97. The maximum atomic E-state index is 14.3. The quantitative estimate of drug-likeness (QED) is 0.272. The van der Waals surface area contributed by atoms with Gasteiger partial charge in [-0.3, -0.25) is 9.10 Å². The zero-order valence-corrected chi connectivity index (χ0v) is 27.2. The van der Waals surface area contributed by atoms with E-state index in [-0.39, 0.29) is 34.7 Å². The van der Waals surface area contributed by atoms with Gasteiger partial charge in [0.25, 0.3) is 10.0 Å². The number of sulfonamides is 1. The van der Waals surface area contributed by atoms with E-state index in [1.807, 2.05) is 6.07 Å². The van der Waals surface area contributed by atoms with Gasteiger partial charge in [-0.2, -0.15) is 0 Å². The number of hydrogen-bond acceptors (Lipinski definition) is 6. The van der Waals surface area contributed by atoms with Gasteiger partial charge in [-0.25, -0.2) is 12.8 Å². The summed E-state index contributed by atoms with van der Waals surface area (Å²) in [7, 11) is -4.19. The number of benzene rings is 3. The highest BCUT2D eigenvalue weighted by Gasteiger charge is 2.42. The smallest absolute Gasteiger partial charge is 0.266 e. The molecule has 3 aromatic rings. The van der Waals surface area contributed by atoms with Gasteiger partial charge in [0.2, 0.25) is 5.91 Å². The lowest BCUT2D eigenvalue weighted by Crippen LogP contribution is -2.51. The van der Waals surface area contributed by atoms with Crippen molar-refractivity contribution in [2.75, 3.05) is 50.2 Å². The standard InChI is InChI=1S/C33H36Cl2FN3O5S/c34-25-10-11-31(28(35)21-25)45(41,42)39-27(23-43-30-9-2-1-8-29(30)39)22-32(40)38-16-12-33(13-17-38,24-6-5-7-26(36)20-24)44-19-18-37-14-3-4-15-37/h1-2,5-11,20-21,27H,3-4,12-19,22-23H2. The molecule has 3 aliphatic heterocycles. The second-order valence-electron chi connectivity index (χ2n) is 11.8. The predicted octanol–water partition coefficient (Wildman–Crippen LogP) is 6.11. The molecule has 2 saturated heterocycles. The van der Waals surface area contributed by atoms with Gasteiger partial charge >= 0.3 is 0 Å². The van der Waals surface area contributed by atoms with Gasteiger partial charge in [-0.15, -0.1) is 0 Å². The molecule has 0 aromatic heterocycles. The molecule has 1 unspecified atom stereocenters. The number of anilines is 1. The third-order valence-corrected chi connectivity index (χ3v) is 11.6. The largest absolute Gasteiger partial charge is 0.489 e. The van der Waals surface area contributed by atoms with Gasteiger partial charge in [0.05, 0.1) is 35.4 Å². The molecule has 0 aliphatic carbocycles. The number of halogens is 3. The van der Waals surface area contributed by atoms with Crippen molar-refractivity contribution in [3.8, 4) is 5.75 Å². The van der Waals surface area contributed by atoms with E-state index >= 15 is 0 Å². The molecule has 3 aromatic carbocycles. The molecular weight excluding hydrogens is 640 g/mol. The van der Waals surface area contributed by atoms with Crippen LogP contribution in [-0.2, 0) is 25.2 Å². The average Bonchev–Trinajstić information content (AvgIpc) is 3.54. The number of ether oxygens (including phenoxy) is 2. The van der Waals surface area contributed by atoms with Gasteiger partial charge in [0.15, 0.2) is 0 Å². The molecule has 6 rings (SSSR count). The van der Waals surface area contributed by atoms with Crippen molar-refractivity contribution in [2.45, 2.75) is 48.6 Å². The molecule has 1 atom stereocenters. The molecule has 1 amide bonds. The number of amides is 1. The lowest BCUT2D eigenvalue weighted by Gasteiger charge is -2.43. The molecule has 0 N–H and O–H groups in total. The fraction of sp³-hybridized carbons (Fsp3) is 0.424. The van der Waals surface area contributed by atoms with Crippen molar-refractivity contribution in [1.29, 1.82) is 0 Å². The zero-order chi connectivity index (χ0) is 31.6. The Hall–Kier alpha value is -2.89. The van der Waals surface area contributed by atoms with Crippen molar-refractivity contribution in [1.82, 2.24) is 9.80 Å². The summed E-state index contributed by atoms with van der Waals surface area (Å²) < 4.78 is 56.2. The van der Waals surface area contributed by atoms with Crippen LogP contribution in [0.3, 0.4) is 0 Å². The van der Waals surface area contributed by atoms with E-state index in [9.17, 15) is 17.6 Å². The fourth-order valence-electron chi connectivity index (χ4n) is 6.58. The van der Waals surface area contributed by atoms with Gasteiger partial charge in [-0.05, 0) is 86.8 Å². The van der Waals surface area contributed by atoms with Crippen molar-refractivity contribution in [3.05, 3.63) is 88.2 Å². The highest BCUT2D eigenvalue weighted by molar-refractivity contribution is 7.93. The Bertz CT molecular complexity index is 1640. The Morgan fingerprint density at radius 2 is 1.73 bits per heavy atom. The molecule has 0 bridgehead atoms. The molecule has 8 nitrogen and oxygen atoms in total. The van der Waals surface area contributed by atoms with E-state index in [1.54, 1.807) is 35.2 Å². The summed E-state index contributed by atoms with van der Waals surface area (Å²) in [5, 5.41) is 0.304. The highest BCUT2D eigenvalue weighted by Crippen LogP contribution is 2.41. The van der Waals surface area contributed by atoms with Gasteiger partial charge in [0, 0.05) is 24.7 Å². The number of para-hydroxylation sites is 2. The van der Waals surface area contributed by atoms with Gasteiger partial charge in [-0.1, -0.05) is 47.5 Å². The minimum Gasteiger partial charge on any atom is -0.489 e. The van der Waals surface area contributed by atoms with E-state index in [2.05, 4.69) is 4.90 Å². The van der Waals surface area contributed by atoms with Crippen LogP contribution in [0.2, 0.25) is 10.0 Å². The minimum absolute atomic E-state index is 0.00608. The third kappa shape index (κ3) is 6.81. The van der Waals surface area contributed by atoms with E-state index in [4.69, 9.17) is 32.7 Å². The number of carbonyl (C=O) groups is 1. The first-order valence-corrected chi connectivity index (χ1v) is 17.5. The number of hydrogen-bond donors (Lipinski definition) is 0. The topological polar surface area (TPSA) is 79.4 Å². The highest BCUT2D eigenvalue weighted by atomic mass is 35.5. The van der Waals surface area contributed by atoms with Crippen LogP contribution < -0.4 is 9.04 Å². The number of nitrogens with zero attached hydrogens (tertiary/aromatic N) is 3. The summed E-state index contributed by atoms with van der Waals surface area (Å²) in [6, 6.07) is 16.8. The minimum atomic E-state index is -4.19. The monoisotopic (exact) mass is 675 g/mol. The van der Waals surface area contributed by atoms with Crippen molar-refractivity contribution in [3.63, 3.8) is 0 Å². The van der Waals surface area contributed by atoms with Crippen LogP contribution in [0, 0.1) is 5.82 Å². The van der Waals surface area contributed by atoms with Gasteiger partial charge in [0.1, 0.15) is 23.1 Å². The Morgan fingerprint density at radius 1 is 0.978 bits per heavy atom. The number of likely N-dealkylation sites (tertiary alicyclic amines) is 2. The maximum absolute atomic E-state index is 14.3. The maximum Gasteiger partial charge on any atom is 0.266 e. The SMILES string of the molecule is O=C(CC1COc2ccccc2N1S(=O)(=O)c1ccc(Cl)cc1Cl)N1CCC(OCCN2CCCC2)(c2cccc(F)c2)CC1. The van der Waals surface area contributed by atoms with Crippen molar-refractivity contribution >= 4 is 44.8 Å². The summed E-state index contributed by atoms with van der Waals surface area (Å²) in [6.07, 6.45) is 3.27. The molecule has 3 heterocycles. The second kappa shape index (κ2) is 13.5. The number of piperidine rings is 1. The van der Waals surface area contributed by atoms with Crippen LogP contribution in [0.1, 0.15) is 37.7 Å².